The van der Waals surface area contributed by atoms with E-state index in [4.69, 9.17) is 12.2 Å². The lowest BCUT2D eigenvalue weighted by molar-refractivity contribution is 0.923. The summed E-state index contributed by atoms with van der Waals surface area (Å²) in [4.78, 5) is 4.67. The Morgan fingerprint density at radius 3 is 2.09 bits per heavy atom. The molecule has 5 nitrogen and oxygen atoms in total. The number of hydrogen-bond donors (Lipinski definition) is 1. The molecule has 22 heavy (non-hydrogen) atoms. The summed E-state index contributed by atoms with van der Waals surface area (Å²) < 4.78 is 2.01. The van der Waals surface area contributed by atoms with Gasteiger partial charge in [-0.2, -0.15) is 9.61 Å². The number of hydrogen-bond acceptors (Lipinski definition) is 4. The molecule has 0 radical (unpaired) electrons. The quantitative estimate of drug-likeness (QED) is 0.350. The smallest absolute Gasteiger partial charge is 0.248 e. The van der Waals surface area contributed by atoms with Crippen molar-refractivity contribution in [1.82, 2.24) is 24.8 Å². The molecule has 1 N–H and O–H groups in total. The third-order valence-electron chi connectivity index (χ3n) is 3.92. The zero-order valence-corrected chi connectivity index (χ0v) is 12.1. The van der Waals surface area contributed by atoms with Crippen LogP contribution in [0.15, 0.2) is 48.5 Å². The molecular formula is C16H9N5S. The van der Waals surface area contributed by atoms with Crippen LogP contribution in [-0.4, -0.2) is 24.8 Å². The van der Waals surface area contributed by atoms with E-state index in [1.807, 2.05) is 24.3 Å². The Kier molecular flexibility index (Phi) is 2.18. The summed E-state index contributed by atoms with van der Waals surface area (Å²) in [6, 6.07) is 16.4. The lowest BCUT2D eigenvalue weighted by Gasteiger charge is -2.08. The monoisotopic (exact) mass is 303 g/mol. The van der Waals surface area contributed by atoms with E-state index in [-0.39, 0.29) is 0 Å². The van der Waals surface area contributed by atoms with E-state index in [0.717, 1.165) is 27.2 Å². The van der Waals surface area contributed by atoms with Crippen molar-refractivity contribution in [3.05, 3.63) is 53.3 Å². The molecule has 0 bridgehead atoms. The van der Waals surface area contributed by atoms with E-state index in [0.29, 0.717) is 10.5 Å². The molecule has 5 rings (SSSR count). The van der Waals surface area contributed by atoms with Gasteiger partial charge in [0.25, 0.3) is 5.78 Å². The third-order valence-corrected chi connectivity index (χ3v) is 4.19. The van der Waals surface area contributed by atoms with Gasteiger partial charge in [0.2, 0.25) is 4.77 Å². The minimum Gasteiger partial charge on any atom is -0.248 e. The Bertz CT molecular complexity index is 1250. The first-order valence-electron chi connectivity index (χ1n) is 6.87. The lowest BCUT2D eigenvalue weighted by Crippen LogP contribution is -1.98. The Hall–Kier alpha value is -2.86. The minimum atomic E-state index is 0.446. The van der Waals surface area contributed by atoms with Gasteiger partial charge in [-0.1, -0.05) is 48.5 Å². The molecule has 0 unspecified atom stereocenters. The van der Waals surface area contributed by atoms with Crippen molar-refractivity contribution in [3.63, 3.8) is 0 Å². The zero-order valence-electron chi connectivity index (χ0n) is 11.3. The topological polar surface area (TPSA) is 58.9 Å². The fourth-order valence-corrected chi connectivity index (χ4v) is 3.13. The van der Waals surface area contributed by atoms with Crippen LogP contribution in [0.3, 0.4) is 0 Å². The maximum absolute atomic E-state index is 5.21. The van der Waals surface area contributed by atoms with Crippen LogP contribution in [0.5, 0.6) is 0 Å². The molecule has 0 atom stereocenters. The number of rotatable bonds is 0. The highest BCUT2D eigenvalue weighted by atomic mass is 32.1. The third kappa shape index (κ3) is 1.42. The van der Waals surface area contributed by atoms with E-state index in [1.54, 1.807) is 4.52 Å². The molecule has 3 aromatic carbocycles. The Balaban J connectivity index is 2.21. The van der Waals surface area contributed by atoms with E-state index in [9.17, 15) is 0 Å². The highest BCUT2D eigenvalue weighted by Gasteiger charge is 2.12. The van der Waals surface area contributed by atoms with E-state index in [1.165, 1.54) is 5.39 Å². The van der Waals surface area contributed by atoms with Crippen LogP contribution in [0.1, 0.15) is 0 Å². The molecule has 5 aromatic rings. The van der Waals surface area contributed by atoms with Gasteiger partial charge in [-0.25, -0.2) is 10.1 Å². The summed E-state index contributed by atoms with van der Waals surface area (Å²) in [5, 5.41) is 16.0. The van der Waals surface area contributed by atoms with Crippen LogP contribution in [0.4, 0.5) is 0 Å². The van der Waals surface area contributed by atoms with Gasteiger partial charge in [-0.05, 0) is 23.0 Å². The molecule has 0 fully saturated rings. The van der Waals surface area contributed by atoms with Crippen LogP contribution < -0.4 is 0 Å². The van der Waals surface area contributed by atoms with Crippen LogP contribution in [0.2, 0.25) is 0 Å². The Morgan fingerprint density at radius 2 is 1.41 bits per heavy atom. The van der Waals surface area contributed by atoms with Crippen molar-refractivity contribution >= 4 is 50.6 Å². The second kappa shape index (κ2) is 4.08. The number of benzene rings is 3. The average molecular weight is 303 g/mol. The lowest BCUT2D eigenvalue weighted by atomic mass is 10.00. The van der Waals surface area contributed by atoms with Gasteiger partial charge >= 0.3 is 0 Å². The summed E-state index contributed by atoms with van der Waals surface area (Å²) in [5.74, 6) is 0.484. The summed E-state index contributed by atoms with van der Waals surface area (Å²) in [6.45, 7) is 0. The Labute approximate surface area is 129 Å². The van der Waals surface area contributed by atoms with E-state index >= 15 is 0 Å². The molecule has 2 heterocycles. The van der Waals surface area contributed by atoms with Crippen molar-refractivity contribution in [1.29, 1.82) is 0 Å². The fraction of sp³-hybridized carbons (Fsp3) is 0. The van der Waals surface area contributed by atoms with Crippen LogP contribution in [0.25, 0.3) is 38.4 Å². The van der Waals surface area contributed by atoms with Crippen molar-refractivity contribution in [2.75, 3.05) is 0 Å². The molecule has 0 saturated carbocycles. The fourth-order valence-electron chi connectivity index (χ4n) is 2.96. The summed E-state index contributed by atoms with van der Waals surface area (Å²) in [6.07, 6.45) is 0. The van der Waals surface area contributed by atoms with Gasteiger partial charge in [0.15, 0.2) is 0 Å². The summed E-state index contributed by atoms with van der Waals surface area (Å²) in [7, 11) is 0. The number of aromatic nitrogens is 5. The summed E-state index contributed by atoms with van der Waals surface area (Å²) >= 11 is 5.21. The zero-order chi connectivity index (χ0) is 14.7. The minimum absolute atomic E-state index is 0.446. The normalized spacial score (nSPS) is 11.8. The highest BCUT2D eigenvalue weighted by molar-refractivity contribution is 7.71. The summed E-state index contributed by atoms with van der Waals surface area (Å²) in [5.41, 5.74) is 1.68. The molecular weight excluding hydrogens is 294 g/mol. The van der Waals surface area contributed by atoms with Crippen molar-refractivity contribution in [2.24, 2.45) is 0 Å². The number of fused-ring (bicyclic) bond motifs is 7. The van der Waals surface area contributed by atoms with Gasteiger partial charge in [0.1, 0.15) is 11.0 Å². The van der Waals surface area contributed by atoms with Crippen LogP contribution in [-0.2, 0) is 0 Å². The second-order valence-corrected chi connectivity index (χ2v) is 5.53. The van der Waals surface area contributed by atoms with Crippen LogP contribution in [0, 0.1) is 4.77 Å². The molecule has 0 spiro atoms. The average Bonchev–Trinajstić information content (AvgIpc) is 2.94. The Morgan fingerprint density at radius 1 is 0.818 bits per heavy atom. The van der Waals surface area contributed by atoms with E-state index < -0.39 is 0 Å². The number of aromatic amines is 1. The van der Waals surface area contributed by atoms with Crippen molar-refractivity contribution in [3.8, 4) is 0 Å². The maximum Gasteiger partial charge on any atom is 0.271 e. The van der Waals surface area contributed by atoms with Crippen molar-refractivity contribution in [2.45, 2.75) is 0 Å². The number of nitrogens with zero attached hydrogens (tertiary/aromatic N) is 4. The first-order valence-corrected chi connectivity index (χ1v) is 7.28. The van der Waals surface area contributed by atoms with Crippen molar-refractivity contribution < 1.29 is 0 Å². The second-order valence-electron chi connectivity index (χ2n) is 5.14. The first-order chi connectivity index (χ1) is 10.8. The van der Waals surface area contributed by atoms with Gasteiger partial charge in [0.05, 0.1) is 0 Å². The maximum atomic E-state index is 5.21. The van der Waals surface area contributed by atoms with Gasteiger partial charge in [0, 0.05) is 10.8 Å². The molecule has 0 saturated heterocycles. The van der Waals surface area contributed by atoms with Gasteiger partial charge < -0.3 is 0 Å². The molecule has 104 valence electrons. The molecule has 2 aromatic heterocycles. The largest absolute Gasteiger partial charge is 0.271 e. The first kappa shape index (κ1) is 11.8. The molecule has 0 aliphatic rings. The predicted molar refractivity (Wildman–Crippen MR) is 88.5 cm³/mol. The molecule has 0 amide bonds. The van der Waals surface area contributed by atoms with E-state index in [2.05, 4.69) is 44.5 Å². The SMILES string of the molecule is S=c1[nH]nc2nc3c4ccccc4c4ccccc4c3nn12. The number of nitrogens with one attached hydrogen (secondary N) is 1. The molecule has 6 heteroatoms. The highest BCUT2D eigenvalue weighted by Crippen LogP contribution is 2.32. The molecule has 0 aliphatic heterocycles. The predicted octanol–water partition coefficient (Wildman–Crippen LogP) is 3.64. The molecule has 0 aliphatic carbocycles. The standard InChI is InChI=1S/C16H9N5S/c22-16-19-18-15-17-13-11-7-3-1-5-9(11)10-6-2-4-8-12(10)14(13)20-21(15)16/h1-8H,(H,19,22). The van der Waals surface area contributed by atoms with Crippen LogP contribution >= 0.6 is 12.2 Å². The van der Waals surface area contributed by atoms with Gasteiger partial charge in [-0.15, -0.1) is 5.10 Å². The number of H-pyrrole nitrogens is 1. The van der Waals surface area contributed by atoms with Gasteiger partial charge in [-0.3, -0.25) is 0 Å².